The lowest BCUT2D eigenvalue weighted by Crippen LogP contribution is -2.43. The van der Waals surface area contributed by atoms with Crippen molar-refractivity contribution in [1.82, 2.24) is 4.90 Å². The Bertz CT molecular complexity index is 491. The quantitative estimate of drug-likeness (QED) is 0.824. The van der Waals surface area contributed by atoms with E-state index >= 15 is 0 Å². The molecule has 2 atom stereocenters. The molecule has 1 heterocycles. The zero-order valence-electron chi connectivity index (χ0n) is 10.7. The molecule has 0 radical (unpaired) electrons. The number of carbonyl (C=O) groups excluding carboxylic acids is 2. The van der Waals surface area contributed by atoms with Crippen LogP contribution in [0.3, 0.4) is 0 Å². The van der Waals surface area contributed by atoms with Crippen LogP contribution in [0.2, 0.25) is 0 Å². The van der Waals surface area contributed by atoms with Gasteiger partial charge in [0, 0.05) is 12.6 Å². The minimum atomic E-state index is -0.177. The molecule has 1 N–H and O–H groups in total. The average Bonchev–Trinajstić information content (AvgIpc) is 2.72. The van der Waals surface area contributed by atoms with E-state index in [1.165, 1.54) is 4.90 Å². The average molecular weight is 259 g/mol. The first-order chi connectivity index (χ1) is 9.22. The van der Waals surface area contributed by atoms with Crippen LogP contribution in [-0.2, 0) is 0 Å². The summed E-state index contributed by atoms with van der Waals surface area (Å²) >= 11 is 0. The second-order valence-electron chi connectivity index (χ2n) is 5.39. The van der Waals surface area contributed by atoms with Gasteiger partial charge in [0.15, 0.2) is 0 Å². The number of aliphatic hydroxyl groups excluding tert-OH is 1. The SMILES string of the molecule is O=C1c2ccccc2C(=O)N1[C@@H]1CCC[C@@H](CO)C1. The van der Waals surface area contributed by atoms with Gasteiger partial charge in [0.2, 0.25) is 0 Å². The Morgan fingerprint density at radius 2 is 1.74 bits per heavy atom. The van der Waals surface area contributed by atoms with E-state index in [9.17, 15) is 14.7 Å². The topological polar surface area (TPSA) is 57.6 Å². The number of amides is 2. The summed E-state index contributed by atoms with van der Waals surface area (Å²) in [4.78, 5) is 26.1. The molecule has 3 rings (SSSR count). The summed E-state index contributed by atoms with van der Waals surface area (Å²) in [6.07, 6.45) is 3.52. The van der Waals surface area contributed by atoms with Crippen LogP contribution in [0.5, 0.6) is 0 Å². The molecule has 1 aromatic carbocycles. The third-order valence-electron chi connectivity index (χ3n) is 4.20. The summed E-state index contributed by atoms with van der Waals surface area (Å²) in [5, 5.41) is 9.27. The van der Waals surface area contributed by atoms with E-state index in [1.54, 1.807) is 24.3 Å². The fraction of sp³-hybridized carbons (Fsp3) is 0.467. The van der Waals surface area contributed by atoms with E-state index in [2.05, 4.69) is 0 Å². The van der Waals surface area contributed by atoms with Crippen molar-refractivity contribution in [2.45, 2.75) is 31.7 Å². The number of aliphatic hydroxyl groups is 1. The van der Waals surface area contributed by atoms with Crippen molar-refractivity contribution in [2.75, 3.05) is 6.61 Å². The van der Waals surface area contributed by atoms with Crippen molar-refractivity contribution in [3.8, 4) is 0 Å². The third kappa shape index (κ3) is 1.96. The molecule has 19 heavy (non-hydrogen) atoms. The molecular weight excluding hydrogens is 242 g/mol. The van der Waals surface area contributed by atoms with Crippen molar-refractivity contribution in [1.29, 1.82) is 0 Å². The first-order valence-electron chi connectivity index (χ1n) is 6.80. The highest BCUT2D eigenvalue weighted by molar-refractivity contribution is 6.21. The highest BCUT2D eigenvalue weighted by Gasteiger charge is 2.41. The van der Waals surface area contributed by atoms with Gasteiger partial charge in [0.25, 0.3) is 11.8 Å². The van der Waals surface area contributed by atoms with Gasteiger partial charge in [-0.2, -0.15) is 0 Å². The number of carbonyl (C=O) groups is 2. The minimum absolute atomic E-state index is 0.0571. The van der Waals surface area contributed by atoms with E-state index in [4.69, 9.17) is 0 Å². The van der Waals surface area contributed by atoms with Crippen molar-refractivity contribution in [3.63, 3.8) is 0 Å². The largest absolute Gasteiger partial charge is 0.396 e. The monoisotopic (exact) mass is 259 g/mol. The van der Waals surface area contributed by atoms with Gasteiger partial charge in [-0.25, -0.2) is 0 Å². The van der Waals surface area contributed by atoms with Crippen LogP contribution in [0.25, 0.3) is 0 Å². The number of hydrogen-bond acceptors (Lipinski definition) is 3. The molecule has 0 saturated heterocycles. The van der Waals surface area contributed by atoms with Crippen LogP contribution in [0, 0.1) is 5.92 Å². The second kappa shape index (κ2) is 4.78. The van der Waals surface area contributed by atoms with Gasteiger partial charge in [-0.1, -0.05) is 18.6 Å². The molecule has 0 bridgehead atoms. The molecule has 1 aliphatic carbocycles. The van der Waals surface area contributed by atoms with Gasteiger partial charge in [-0.3, -0.25) is 14.5 Å². The molecule has 4 heteroatoms. The summed E-state index contributed by atoms with van der Waals surface area (Å²) in [5.74, 6) is -0.142. The molecule has 100 valence electrons. The summed E-state index contributed by atoms with van der Waals surface area (Å²) in [6, 6.07) is 6.93. The molecule has 1 fully saturated rings. The minimum Gasteiger partial charge on any atom is -0.396 e. The molecule has 1 saturated carbocycles. The lowest BCUT2D eigenvalue weighted by atomic mass is 9.85. The van der Waals surface area contributed by atoms with Gasteiger partial charge in [-0.05, 0) is 37.3 Å². The third-order valence-corrected chi connectivity index (χ3v) is 4.20. The van der Waals surface area contributed by atoms with Crippen molar-refractivity contribution in [3.05, 3.63) is 35.4 Å². The first-order valence-corrected chi connectivity index (χ1v) is 6.80. The molecule has 1 aliphatic heterocycles. The molecule has 0 spiro atoms. The Hall–Kier alpha value is -1.68. The van der Waals surface area contributed by atoms with Gasteiger partial charge < -0.3 is 5.11 Å². The lowest BCUT2D eigenvalue weighted by molar-refractivity contribution is 0.0491. The van der Waals surface area contributed by atoms with Crippen LogP contribution in [0.15, 0.2) is 24.3 Å². The van der Waals surface area contributed by atoms with Crippen molar-refractivity contribution in [2.24, 2.45) is 5.92 Å². The number of nitrogens with zero attached hydrogens (tertiary/aromatic N) is 1. The number of hydrogen-bond donors (Lipinski definition) is 1. The zero-order chi connectivity index (χ0) is 13.4. The van der Waals surface area contributed by atoms with Gasteiger partial charge in [0.05, 0.1) is 11.1 Å². The standard InChI is InChI=1S/C15H17NO3/c17-9-10-4-3-5-11(8-10)16-14(18)12-6-1-2-7-13(12)15(16)19/h1-2,6-7,10-11,17H,3-5,8-9H2/t10-,11-/m1/s1. The highest BCUT2D eigenvalue weighted by Crippen LogP contribution is 2.33. The zero-order valence-corrected chi connectivity index (χ0v) is 10.7. The Balaban J connectivity index is 1.87. The lowest BCUT2D eigenvalue weighted by Gasteiger charge is -2.33. The maximum atomic E-state index is 12.3. The Morgan fingerprint density at radius 3 is 2.32 bits per heavy atom. The molecule has 2 aliphatic rings. The van der Waals surface area contributed by atoms with Gasteiger partial charge >= 0.3 is 0 Å². The summed E-state index contributed by atoms with van der Waals surface area (Å²) in [5.41, 5.74) is 1.03. The summed E-state index contributed by atoms with van der Waals surface area (Å²) in [7, 11) is 0. The molecule has 1 aromatic rings. The van der Waals surface area contributed by atoms with E-state index in [-0.39, 0.29) is 30.4 Å². The van der Waals surface area contributed by atoms with Crippen LogP contribution in [0.4, 0.5) is 0 Å². The van der Waals surface area contributed by atoms with Gasteiger partial charge in [-0.15, -0.1) is 0 Å². The summed E-state index contributed by atoms with van der Waals surface area (Å²) < 4.78 is 0. The van der Waals surface area contributed by atoms with Crippen LogP contribution in [0.1, 0.15) is 46.4 Å². The fourth-order valence-electron chi connectivity index (χ4n) is 3.20. The Kier molecular flexibility index (Phi) is 3.11. The number of imide groups is 1. The predicted octanol–water partition coefficient (Wildman–Crippen LogP) is 1.83. The highest BCUT2D eigenvalue weighted by atomic mass is 16.3. The molecule has 0 aromatic heterocycles. The smallest absolute Gasteiger partial charge is 0.261 e. The van der Waals surface area contributed by atoms with E-state index in [0.29, 0.717) is 11.1 Å². The summed E-state index contributed by atoms with van der Waals surface area (Å²) in [6.45, 7) is 0.139. The van der Waals surface area contributed by atoms with E-state index in [1.807, 2.05) is 0 Å². The maximum absolute atomic E-state index is 12.3. The second-order valence-corrected chi connectivity index (χ2v) is 5.39. The predicted molar refractivity (Wildman–Crippen MR) is 69.8 cm³/mol. The van der Waals surface area contributed by atoms with Crippen LogP contribution >= 0.6 is 0 Å². The number of fused-ring (bicyclic) bond motifs is 1. The molecular formula is C15H17NO3. The first kappa shape index (κ1) is 12.4. The van der Waals surface area contributed by atoms with E-state index < -0.39 is 0 Å². The number of benzene rings is 1. The normalized spacial score (nSPS) is 26.7. The Morgan fingerprint density at radius 1 is 1.11 bits per heavy atom. The van der Waals surface area contributed by atoms with Crippen LogP contribution < -0.4 is 0 Å². The molecule has 0 unspecified atom stereocenters. The molecule has 4 nitrogen and oxygen atoms in total. The van der Waals surface area contributed by atoms with E-state index in [0.717, 1.165) is 25.7 Å². The van der Waals surface area contributed by atoms with Crippen molar-refractivity contribution >= 4 is 11.8 Å². The van der Waals surface area contributed by atoms with Gasteiger partial charge in [0.1, 0.15) is 0 Å². The molecule has 2 amide bonds. The maximum Gasteiger partial charge on any atom is 0.261 e. The van der Waals surface area contributed by atoms with Crippen molar-refractivity contribution < 1.29 is 14.7 Å². The van der Waals surface area contributed by atoms with Crippen LogP contribution in [-0.4, -0.2) is 34.5 Å². The Labute approximate surface area is 112 Å². The fourth-order valence-corrected chi connectivity index (χ4v) is 3.20. The number of rotatable bonds is 2.